The fourth-order valence-electron chi connectivity index (χ4n) is 0.520. The van der Waals surface area contributed by atoms with E-state index in [1.54, 1.807) is 7.11 Å². The summed E-state index contributed by atoms with van der Waals surface area (Å²) in [4.78, 5) is 0. The Morgan fingerprint density at radius 2 is 2.22 bits per heavy atom. The number of rotatable bonds is 4. The standard InChI is InChI=1S/C8H16O/c1-4-8(2)6-5-7-9-3/h5-6,8H,4,7H2,1-3H3/b6-5-. The lowest BCUT2D eigenvalue weighted by Crippen LogP contribution is -1.87. The van der Waals surface area contributed by atoms with Crippen molar-refractivity contribution < 1.29 is 4.74 Å². The summed E-state index contributed by atoms with van der Waals surface area (Å²) in [5.41, 5.74) is 0. The molecule has 0 fully saturated rings. The summed E-state index contributed by atoms with van der Waals surface area (Å²) in [6, 6.07) is 0. The first-order chi connectivity index (χ1) is 4.31. The van der Waals surface area contributed by atoms with Crippen molar-refractivity contribution in [3.8, 4) is 0 Å². The molecule has 0 aromatic rings. The highest BCUT2D eigenvalue weighted by Crippen LogP contribution is 2.00. The third-order valence-electron chi connectivity index (χ3n) is 1.37. The first-order valence-corrected chi connectivity index (χ1v) is 3.46. The van der Waals surface area contributed by atoms with Gasteiger partial charge in [-0.1, -0.05) is 32.4 Å². The Kier molecular flexibility index (Phi) is 5.64. The molecule has 0 aliphatic heterocycles. The van der Waals surface area contributed by atoms with Gasteiger partial charge in [0.25, 0.3) is 0 Å². The highest BCUT2D eigenvalue weighted by atomic mass is 16.5. The number of ether oxygens (including phenoxy) is 1. The van der Waals surface area contributed by atoms with Gasteiger partial charge >= 0.3 is 0 Å². The fourth-order valence-corrected chi connectivity index (χ4v) is 0.520. The van der Waals surface area contributed by atoms with E-state index in [-0.39, 0.29) is 0 Å². The molecule has 0 radical (unpaired) electrons. The molecule has 9 heavy (non-hydrogen) atoms. The van der Waals surface area contributed by atoms with Crippen LogP contribution in [0.3, 0.4) is 0 Å². The summed E-state index contributed by atoms with van der Waals surface area (Å²) < 4.78 is 4.85. The first-order valence-electron chi connectivity index (χ1n) is 3.46. The van der Waals surface area contributed by atoms with Crippen LogP contribution in [-0.2, 0) is 4.74 Å². The molecule has 0 spiro atoms. The fraction of sp³-hybridized carbons (Fsp3) is 0.750. The molecule has 1 heteroatoms. The Morgan fingerprint density at radius 3 is 2.67 bits per heavy atom. The van der Waals surface area contributed by atoms with Gasteiger partial charge in [0, 0.05) is 7.11 Å². The molecular formula is C8H16O. The normalized spacial score (nSPS) is 14.6. The molecular weight excluding hydrogens is 112 g/mol. The maximum absolute atomic E-state index is 4.85. The molecule has 0 aliphatic rings. The average molecular weight is 128 g/mol. The lowest BCUT2D eigenvalue weighted by atomic mass is 10.1. The van der Waals surface area contributed by atoms with E-state index in [0.29, 0.717) is 5.92 Å². The lowest BCUT2D eigenvalue weighted by molar-refractivity contribution is 0.233. The zero-order valence-corrected chi connectivity index (χ0v) is 6.55. The van der Waals surface area contributed by atoms with Crippen molar-refractivity contribution in [2.24, 2.45) is 5.92 Å². The summed E-state index contributed by atoms with van der Waals surface area (Å²) in [5.74, 6) is 0.695. The van der Waals surface area contributed by atoms with Gasteiger partial charge in [0.15, 0.2) is 0 Å². The van der Waals surface area contributed by atoms with Gasteiger partial charge in [-0.05, 0) is 5.92 Å². The Morgan fingerprint density at radius 1 is 1.56 bits per heavy atom. The van der Waals surface area contributed by atoms with E-state index in [2.05, 4.69) is 26.0 Å². The van der Waals surface area contributed by atoms with Crippen molar-refractivity contribution in [2.45, 2.75) is 20.3 Å². The van der Waals surface area contributed by atoms with Gasteiger partial charge in [-0.15, -0.1) is 0 Å². The molecule has 0 aliphatic carbocycles. The third kappa shape index (κ3) is 5.57. The van der Waals surface area contributed by atoms with Crippen LogP contribution in [0.2, 0.25) is 0 Å². The van der Waals surface area contributed by atoms with Gasteiger partial charge < -0.3 is 4.74 Å². The molecule has 0 bridgehead atoms. The van der Waals surface area contributed by atoms with Crippen LogP contribution in [0.4, 0.5) is 0 Å². The average Bonchev–Trinajstić information content (AvgIpc) is 1.89. The van der Waals surface area contributed by atoms with Crippen LogP contribution in [0.25, 0.3) is 0 Å². The summed E-state index contributed by atoms with van der Waals surface area (Å²) >= 11 is 0. The van der Waals surface area contributed by atoms with Gasteiger partial charge in [-0.2, -0.15) is 0 Å². The molecule has 0 N–H and O–H groups in total. The van der Waals surface area contributed by atoms with Crippen LogP contribution in [0.15, 0.2) is 12.2 Å². The monoisotopic (exact) mass is 128 g/mol. The molecule has 0 saturated heterocycles. The molecule has 0 aromatic heterocycles. The smallest absolute Gasteiger partial charge is 0.0643 e. The van der Waals surface area contributed by atoms with Crippen LogP contribution in [0.1, 0.15) is 20.3 Å². The van der Waals surface area contributed by atoms with E-state index in [1.807, 2.05) is 0 Å². The molecule has 0 rings (SSSR count). The van der Waals surface area contributed by atoms with Crippen LogP contribution in [0.5, 0.6) is 0 Å². The van der Waals surface area contributed by atoms with E-state index in [9.17, 15) is 0 Å². The zero-order chi connectivity index (χ0) is 7.11. The maximum Gasteiger partial charge on any atom is 0.0643 e. The minimum absolute atomic E-state index is 0.695. The van der Waals surface area contributed by atoms with Gasteiger partial charge in [-0.3, -0.25) is 0 Å². The van der Waals surface area contributed by atoms with Gasteiger partial charge in [0.05, 0.1) is 6.61 Å². The van der Waals surface area contributed by atoms with Crippen LogP contribution in [0, 0.1) is 5.92 Å². The van der Waals surface area contributed by atoms with Crippen LogP contribution < -0.4 is 0 Å². The van der Waals surface area contributed by atoms with Crippen LogP contribution >= 0.6 is 0 Å². The van der Waals surface area contributed by atoms with E-state index in [4.69, 9.17) is 4.74 Å². The molecule has 0 amide bonds. The minimum Gasteiger partial charge on any atom is -0.381 e. The van der Waals surface area contributed by atoms with Gasteiger partial charge in [-0.25, -0.2) is 0 Å². The Bertz CT molecular complexity index is 76.6. The Labute approximate surface area is 57.7 Å². The maximum atomic E-state index is 4.85. The predicted octanol–water partition coefficient (Wildman–Crippen LogP) is 2.24. The van der Waals surface area contributed by atoms with Crippen molar-refractivity contribution >= 4 is 0 Å². The molecule has 54 valence electrons. The van der Waals surface area contributed by atoms with E-state index in [0.717, 1.165) is 6.61 Å². The number of methoxy groups -OCH3 is 1. The first kappa shape index (κ1) is 8.70. The van der Waals surface area contributed by atoms with Crippen molar-refractivity contribution in [3.63, 3.8) is 0 Å². The van der Waals surface area contributed by atoms with Gasteiger partial charge in [0.1, 0.15) is 0 Å². The van der Waals surface area contributed by atoms with E-state index in [1.165, 1.54) is 6.42 Å². The Hall–Kier alpha value is -0.300. The van der Waals surface area contributed by atoms with Crippen molar-refractivity contribution in [1.29, 1.82) is 0 Å². The van der Waals surface area contributed by atoms with Crippen molar-refractivity contribution in [3.05, 3.63) is 12.2 Å². The van der Waals surface area contributed by atoms with Crippen LogP contribution in [-0.4, -0.2) is 13.7 Å². The molecule has 1 atom stereocenters. The molecule has 0 aromatic carbocycles. The topological polar surface area (TPSA) is 9.23 Å². The van der Waals surface area contributed by atoms with E-state index < -0.39 is 0 Å². The zero-order valence-electron chi connectivity index (χ0n) is 6.55. The molecule has 1 unspecified atom stereocenters. The van der Waals surface area contributed by atoms with E-state index >= 15 is 0 Å². The highest BCUT2D eigenvalue weighted by molar-refractivity contribution is 4.85. The van der Waals surface area contributed by atoms with Crippen molar-refractivity contribution in [1.82, 2.24) is 0 Å². The second kappa shape index (κ2) is 5.83. The second-order valence-electron chi connectivity index (χ2n) is 2.27. The Balaban J connectivity index is 3.20. The quantitative estimate of drug-likeness (QED) is 0.527. The number of allylic oxidation sites excluding steroid dienone is 1. The summed E-state index contributed by atoms with van der Waals surface area (Å²) in [6.07, 6.45) is 5.46. The lowest BCUT2D eigenvalue weighted by Gasteiger charge is -1.97. The summed E-state index contributed by atoms with van der Waals surface area (Å²) in [7, 11) is 1.71. The van der Waals surface area contributed by atoms with Gasteiger partial charge in [0.2, 0.25) is 0 Å². The highest BCUT2D eigenvalue weighted by Gasteiger charge is 1.87. The molecule has 1 nitrogen and oxygen atoms in total. The molecule has 0 heterocycles. The predicted molar refractivity (Wildman–Crippen MR) is 40.5 cm³/mol. The number of hydrogen-bond acceptors (Lipinski definition) is 1. The number of hydrogen-bond donors (Lipinski definition) is 0. The third-order valence-corrected chi connectivity index (χ3v) is 1.37. The summed E-state index contributed by atoms with van der Waals surface area (Å²) in [6.45, 7) is 5.12. The second-order valence-corrected chi connectivity index (χ2v) is 2.27. The summed E-state index contributed by atoms with van der Waals surface area (Å²) in [5, 5.41) is 0. The SMILES string of the molecule is CCC(C)/C=C\COC. The molecule has 0 saturated carbocycles. The minimum atomic E-state index is 0.695. The van der Waals surface area contributed by atoms with Crippen molar-refractivity contribution in [2.75, 3.05) is 13.7 Å². The largest absolute Gasteiger partial charge is 0.381 e.